The Balaban J connectivity index is 2.13. The molecule has 0 saturated carbocycles. The lowest BCUT2D eigenvalue weighted by Crippen LogP contribution is -2.29. The number of rotatable bonds is 2. The van der Waals surface area contributed by atoms with Gasteiger partial charge in [0.25, 0.3) is 0 Å². The summed E-state index contributed by atoms with van der Waals surface area (Å²) in [5, 5.41) is 14.6. The van der Waals surface area contributed by atoms with E-state index in [9.17, 15) is 14.7 Å². The van der Waals surface area contributed by atoms with Crippen LogP contribution in [0.4, 0.5) is 11.4 Å². The minimum absolute atomic E-state index is 0.0913. The predicted molar refractivity (Wildman–Crippen MR) is 86.0 cm³/mol. The number of carbonyl (C=O) groups is 2. The van der Waals surface area contributed by atoms with Crippen molar-refractivity contribution < 1.29 is 14.7 Å². The Morgan fingerprint density at radius 2 is 1.45 bits per heavy atom. The summed E-state index contributed by atoms with van der Waals surface area (Å²) in [7, 11) is 0. The van der Waals surface area contributed by atoms with Crippen LogP contribution in [0.25, 0.3) is 0 Å². The van der Waals surface area contributed by atoms with Gasteiger partial charge in [0.05, 0.1) is 5.69 Å². The minimum atomic E-state index is -0.833. The summed E-state index contributed by atoms with van der Waals surface area (Å²) < 4.78 is 0. The lowest BCUT2D eigenvalue weighted by atomic mass is 10.1. The quantitative estimate of drug-likeness (QED) is 0.589. The molecule has 2 aromatic rings. The zero-order chi connectivity index (χ0) is 16.3. The number of aromatic hydroxyl groups is 1. The second kappa shape index (κ2) is 6.30. The molecule has 0 aromatic heterocycles. The Morgan fingerprint density at radius 3 is 2.05 bits per heavy atom. The molecular formula is C17H18N2O3. The van der Waals surface area contributed by atoms with Crippen LogP contribution in [-0.4, -0.2) is 16.9 Å². The largest absolute Gasteiger partial charge is 0.506 e. The molecule has 0 saturated heterocycles. The van der Waals surface area contributed by atoms with Crippen molar-refractivity contribution in [2.75, 3.05) is 10.6 Å². The molecular weight excluding hydrogens is 280 g/mol. The maximum Gasteiger partial charge on any atom is 0.314 e. The summed E-state index contributed by atoms with van der Waals surface area (Å²) in [5.74, 6) is -1.70. The maximum atomic E-state index is 12.0. The van der Waals surface area contributed by atoms with Gasteiger partial charge < -0.3 is 15.7 Å². The number of hydrogen-bond donors (Lipinski definition) is 3. The monoisotopic (exact) mass is 298 g/mol. The van der Waals surface area contributed by atoms with E-state index in [-0.39, 0.29) is 11.4 Å². The van der Waals surface area contributed by atoms with Crippen molar-refractivity contribution >= 4 is 23.2 Å². The van der Waals surface area contributed by atoms with E-state index in [1.807, 2.05) is 32.9 Å². The Hall–Kier alpha value is -2.82. The molecule has 0 aliphatic carbocycles. The van der Waals surface area contributed by atoms with Crippen molar-refractivity contribution in [1.82, 2.24) is 0 Å². The van der Waals surface area contributed by atoms with Crippen LogP contribution in [0.15, 0.2) is 36.4 Å². The van der Waals surface area contributed by atoms with Gasteiger partial charge in [-0.2, -0.15) is 0 Å². The molecule has 0 unspecified atom stereocenters. The van der Waals surface area contributed by atoms with Crippen molar-refractivity contribution in [1.29, 1.82) is 0 Å². The second-order valence-corrected chi connectivity index (χ2v) is 5.20. The molecule has 2 rings (SSSR count). The van der Waals surface area contributed by atoms with Crippen LogP contribution in [0.3, 0.4) is 0 Å². The smallest absolute Gasteiger partial charge is 0.314 e. The Kier molecular flexibility index (Phi) is 4.46. The van der Waals surface area contributed by atoms with E-state index in [1.165, 1.54) is 12.1 Å². The molecule has 5 heteroatoms. The number of hydrogen-bond acceptors (Lipinski definition) is 3. The molecule has 0 radical (unpaired) electrons. The zero-order valence-corrected chi connectivity index (χ0v) is 12.7. The van der Waals surface area contributed by atoms with Gasteiger partial charge in [0.1, 0.15) is 5.75 Å². The summed E-state index contributed by atoms with van der Waals surface area (Å²) in [6, 6.07) is 10.1. The van der Waals surface area contributed by atoms with Crippen LogP contribution in [-0.2, 0) is 9.59 Å². The number of phenolic OH excluding ortho intramolecular Hbond substituents is 1. The third-order valence-corrected chi connectivity index (χ3v) is 3.27. The van der Waals surface area contributed by atoms with Crippen LogP contribution in [0.2, 0.25) is 0 Å². The van der Waals surface area contributed by atoms with Gasteiger partial charge in [0.2, 0.25) is 0 Å². The summed E-state index contributed by atoms with van der Waals surface area (Å²) in [4.78, 5) is 23.9. The molecule has 5 nitrogen and oxygen atoms in total. The summed E-state index contributed by atoms with van der Waals surface area (Å²) in [5.41, 5.74) is 3.69. The first-order valence-electron chi connectivity index (χ1n) is 6.86. The third-order valence-electron chi connectivity index (χ3n) is 3.27. The van der Waals surface area contributed by atoms with Crippen molar-refractivity contribution in [2.24, 2.45) is 0 Å². The minimum Gasteiger partial charge on any atom is -0.506 e. The summed E-state index contributed by atoms with van der Waals surface area (Å²) in [6.07, 6.45) is 0. The van der Waals surface area contributed by atoms with Gasteiger partial charge in [0, 0.05) is 5.69 Å². The molecule has 0 aliphatic heterocycles. The van der Waals surface area contributed by atoms with Crippen LogP contribution in [0, 0.1) is 20.8 Å². The number of nitrogens with one attached hydrogen (secondary N) is 2. The fraction of sp³-hybridized carbons (Fsp3) is 0.176. The highest BCUT2D eigenvalue weighted by atomic mass is 16.3. The highest BCUT2D eigenvalue weighted by Gasteiger charge is 2.17. The van der Waals surface area contributed by atoms with Crippen LogP contribution in [0.1, 0.15) is 16.7 Å². The van der Waals surface area contributed by atoms with Crippen molar-refractivity contribution in [3.05, 3.63) is 53.1 Å². The molecule has 0 aliphatic rings. The van der Waals surface area contributed by atoms with Gasteiger partial charge in [0.15, 0.2) is 0 Å². The molecule has 22 heavy (non-hydrogen) atoms. The first-order chi connectivity index (χ1) is 10.4. The van der Waals surface area contributed by atoms with Crippen LogP contribution < -0.4 is 10.6 Å². The van der Waals surface area contributed by atoms with Crippen molar-refractivity contribution in [3.8, 4) is 5.75 Å². The van der Waals surface area contributed by atoms with Crippen molar-refractivity contribution in [3.63, 3.8) is 0 Å². The normalized spacial score (nSPS) is 10.1. The molecule has 114 valence electrons. The average molecular weight is 298 g/mol. The Labute approximate surface area is 129 Å². The second-order valence-electron chi connectivity index (χ2n) is 5.20. The highest BCUT2D eigenvalue weighted by Crippen LogP contribution is 2.23. The van der Waals surface area contributed by atoms with Gasteiger partial charge in [-0.1, -0.05) is 29.8 Å². The van der Waals surface area contributed by atoms with Gasteiger partial charge >= 0.3 is 11.8 Å². The fourth-order valence-corrected chi connectivity index (χ4v) is 2.31. The van der Waals surface area contributed by atoms with E-state index in [2.05, 4.69) is 10.6 Å². The molecule has 3 N–H and O–H groups in total. The van der Waals surface area contributed by atoms with Gasteiger partial charge in [-0.05, 0) is 44.0 Å². The average Bonchev–Trinajstić information content (AvgIpc) is 2.45. The summed E-state index contributed by atoms with van der Waals surface area (Å²) in [6.45, 7) is 5.71. The van der Waals surface area contributed by atoms with Gasteiger partial charge in [-0.15, -0.1) is 0 Å². The Bertz CT molecular complexity index is 715. The summed E-state index contributed by atoms with van der Waals surface area (Å²) >= 11 is 0. The molecule has 2 amide bonds. The zero-order valence-electron chi connectivity index (χ0n) is 12.7. The number of aryl methyl sites for hydroxylation is 3. The molecule has 0 bridgehead atoms. The van der Waals surface area contributed by atoms with Crippen LogP contribution >= 0.6 is 0 Å². The van der Waals surface area contributed by atoms with Crippen molar-refractivity contribution in [2.45, 2.75) is 20.8 Å². The fourth-order valence-electron chi connectivity index (χ4n) is 2.31. The first-order valence-corrected chi connectivity index (χ1v) is 6.86. The standard InChI is InChI=1S/C17H18N2O3/c1-10-8-11(2)15(12(3)9-10)19-17(22)16(21)18-13-6-4-5-7-14(13)20/h4-9,20H,1-3H3,(H,18,21)(H,19,22). The number of anilines is 2. The lowest BCUT2D eigenvalue weighted by molar-refractivity contribution is -0.133. The number of benzene rings is 2. The predicted octanol–water partition coefficient (Wildman–Crippen LogP) is 2.89. The molecule has 0 heterocycles. The number of amides is 2. The van der Waals surface area contributed by atoms with E-state index < -0.39 is 11.8 Å². The van der Waals surface area contributed by atoms with E-state index in [4.69, 9.17) is 0 Å². The maximum absolute atomic E-state index is 12.0. The lowest BCUT2D eigenvalue weighted by Gasteiger charge is -2.13. The van der Waals surface area contributed by atoms with E-state index in [0.29, 0.717) is 5.69 Å². The molecule has 2 aromatic carbocycles. The first kappa shape index (κ1) is 15.6. The third kappa shape index (κ3) is 3.44. The van der Waals surface area contributed by atoms with Gasteiger partial charge in [-0.3, -0.25) is 9.59 Å². The number of carbonyl (C=O) groups excluding carboxylic acids is 2. The molecule has 0 spiro atoms. The van der Waals surface area contributed by atoms with E-state index in [1.54, 1.807) is 12.1 Å². The Morgan fingerprint density at radius 1 is 0.909 bits per heavy atom. The van der Waals surface area contributed by atoms with E-state index in [0.717, 1.165) is 16.7 Å². The van der Waals surface area contributed by atoms with E-state index >= 15 is 0 Å². The van der Waals surface area contributed by atoms with Crippen LogP contribution in [0.5, 0.6) is 5.75 Å². The van der Waals surface area contributed by atoms with Gasteiger partial charge in [-0.25, -0.2) is 0 Å². The topological polar surface area (TPSA) is 78.4 Å². The number of phenols is 1. The molecule has 0 atom stereocenters. The number of para-hydroxylation sites is 2. The SMILES string of the molecule is Cc1cc(C)c(NC(=O)C(=O)Nc2ccccc2O)c(C)c1. The molecule has 0 fully saturated rings. The highest BCUT2D eigenvalue weighted by molar-refractivity contribution is 6.43.